The third kappa shape index (κ3) is 0.967. The van der Waals surface area contributed by atoms with Crippen molar-refractivity contribution >= 4 is 5.97 Å². The summed E-state index contributed by atoms with van der Waals surface area (Å²) in [5.41, 5.74) is -1.11. The lowest BCUT2D eigenvalue weighted by Gasteiger charge is -2.45. The highest BCUT2D eigenvalue weighted by atomic mass is 16.5. The fourth-order valence-electron chi connectivity index (χ4n) is 3.95. The van der Waals surface area contributed by atoms with Crippen molar-refractivity contribution in [2.45, 2.75) is 43.8 Å². The maximum atomic E-state index is 11.5. The van der Waals surface area contributed by atoms with E-state index in [-0.39, 0.29) is 11.2 Å². The van der Waals surface area contributed by atoms with Gasteiger partial charge in [-0.1, -0.05) is 0 Å². The fourth-order valence-corrected chi connectivity index (χ4v) is 3.95. The maximum absolute atomic E-state index is 11.5. The zero-order valence-electron chi connectivity index (χ0n) is 9.01. The number of ether oxygens (including phenoxy) is 1. The van der Waals surface area contributed by atoms with E-state index in [0.29, 0.717) is 12.8 Å². The second-order valence-corrected chi connectivity index (χ2v) is 5.54. The van der Waals surface area contributed by atoms with Crippen LogP contribution in [0.2, 0.25) is 0 Å². The Bertz CT molecular complexity index is 314. The van der Waals surface area contributed by atoms with Crippen LogP contribution in [-0.2, 0) is 9.53 Å². The smallest absolute Gasteiger partial charge is 0.312 e. The number of carboxylic acid groups (broad SMARTS) is 1. The van der Waals surface area contributed by atoms with Crippen LogP contribution in [0.4, 0.5) is 0 Å². The van der Waals surface area contributed by atoms with Crippen molar-refractivity contribution in [3.8, 4) is 0 Å². The number of hydrogen-bond donors (Lipinski definition) is 2. The van der Waals surface area contributed by atoms with Crippen LogP contribution in [0.15, 0.2) is 0 Å². The molecule has 1 aliphatic carbocycles. The molecule has 2 bridgehead atoms. The summed E-state index contributed by atoms with van der Waals surface area (Å²) in [5.74, 6) is -0.653. The van der Waals surface area contributed by atoms with Crippen LogP contribution in [0.25, 0.3) is 0 Å². The summed E-state index contributed by atoms with van der Waals surface area (Å²) >= 11 is 0. The zero-order chi connectivity index (χ0) is 10.7. The molecule has 0 aromatic carbocycles. The Balaban J connectivity index is 1.98. The highest BCUT2D eigenvalue weighted by Crippen LogP contribution is 2.68. The van der Waals surface area contributed by atoms with Crippen molar-refractivity contribution in [1.82, 2.24) is 5.32 Å². The first-order valence-corrected chi connectivity index (χ1v) is 5.66. The van der Waals surface area contributed by atoms with E-state index in [0.717, 1.165) is 25.9 Å². The van der Waals surface area contributed by atoms with Crippen LogP contribution >= 0.6 is 0 Å². The van der Waals surface area contributed by atoms with E-state index < -0.39 is 11.4 Å². The van der Waals surface area contributed by atoms with Crippen molar-refractivity contribution < 1.29 is 14.6 Å². The highest BCUT2D eigenvalue weighted by molar-refractivity contribution is 5.79. The minimum absolute atomic E-state index is 0.157. The number of nitrogens with one attached hydrogen (secondary N) is 1. The van der Waals surface area contributed by atoms with Gasteiger partial charge in [0, 0.05) is 0 Å². The molecule has 0 atom stereocenters. The topological polar surface area (TPSA) is 58.6 Å². The van der Waals surface area contributed by atoms with Gasteiger partial charge in [-0.15, -0.1) is 0 Å². The molecule has 3 heterocycles. The Morgan fingerprint density at radius 3 is 2.47 bits per heavy atom. The number of carboxylic acids is 1. The molecular formula is C11H17NO3. The Kier molecular flexibility index (Phi) is 1.63. The lowest BCUT2D eigenvalue weighted by molar-refractivity contribution is -0.159. The van der Waals surface area contributed by atoms with Gasteiger partial charge in [0.25, 0.3) is 0 Å². The van der Waals surface area contributed by atoms with Gasteiger partial charge in [-0.2, -0.15) is 0 Å². The lowest BCUT2D eigenvalue weighted by atomic mass is 9.54. The molecule has 1 spiro atoms. The molecule has 0 aromatic heterocycles. The summed E-state index contributed by atoms with van der Waals surface area (Å²) in [6.45, 7) is 3.81. The second-order valence-electron chi connectivity index (χ2n) is 5.54. The Morgan fingerprint density at radius 2 is 1.93 bits per heavy atom. The van der Waals surface area contributed by atoms with Crippen LogP contribution in [0.5, 0.6) is 0 Å². The average molecular weight is 211 g/mol. The molecule has 1 saturated carbocycles. The standard InChI is InChI=1S/C11H17NO3/c1-9-6-10(7-9,8(13)14)11(15-9)2-4-12-5-3-11/h12H,2-7H2,1H3,(H,13,14). The van der Waals surface area contributed by atoms with Crippen molar-refractivity contribution in [2.75, 3.05) is 13.1 Å². The van der Waals surface area contributed by atoms with Gasteiger partial charge in [0.2, 0.25) is 0 Å². The minimum Gasteiger partial charge on any atom is -0.481 e. The molecule has 4 nitrogen and oxygen atoms in total. The number of piperidine rings is 1. The third-order valence-electron chi connectivity index (χ3n) is 4.49. The molecule has 0 unspecified atom stereocenters. The summed E-state index contributed by atoms with van der Waals surface area (Å²) in [6.07, 6.45) is 3.09. The van der Waals surface area contributed by atoms with Crippen molar-refractivity contribution in [2.24, 2.45) is 5.41 Å². The van der Waals surface area contributed by atoms with E-state index in [1.165, 1.54) is 0 Å². The predicted molar refractivity (Wildman–Crippen MR) is 53.6 cm³/mol. The maximum Gasteiger partial charge on any atom is 0.312 e. The van der Waals surface area contributed by atoms with Gasteiger partial charge >= 0.3 is 5.97 Å². The van der Waals surface area contributed by atoms with Crippen molar-refractivity contribution in [3.05, 3.63) is 0 Å². The molecule has 0 amide bonds. The van der Waals surface area contributed by atoms with E-state index in [1.54, 1.807) is 0 Å². The normalized spacial score (nSPS) is 46.5. The second kappa shape index (κ2) is 2.55. The number of aliphatic carboxylic acids is 1. The molecule has 3 aliphatic heterocycles. The van der Waals surface area contributed by atoms with Gasteiger partial charge in [-0.05, 0) is 45.7 Å². The molecule has 3 saturated heterocycles. The van der Waals surface area contributed by atoms with E-state index in [2.05, 4.69) is 5.32 Å². The summed E-state index contributed by atoms with van der Waals surface area (Å²) in [7, 11) is 0. The predicted octanol–water partition coefficient (Wildman–Crippen LogP) is 0.762. The van der Waals surface area contributed by atoms with Crippen molar-refractivity contribution in [3.63, 3.8) is 0 Å². The summed E-state index contributed by atoms with van der Waals surface area (Å²) < 4.78 is 6.10. The highest BCUT2D eigenvalue weighted by Gasteiger charge is 2.76. The first kappa shape index (κ1) is 9.60. The molecule has 15 heavy (non-hydrogen) atoms. The lowest BCUT2D eigenvalue weighted by Crippen LogP contribution is -2.56. The van der Waals surface area contributed by atoms with Gasteiger partial charge in [-0.3, -0.25) is 4.79 Å². The van der Waals surface area contributed by atoms with E-state index in [9.17, 15) is 9.90 Å². The van der Waals surface area contributed by atoms with E-state index in [1.807, 2.05) is 6.92 Å². The van der Waals surface area contributed by atoms with Gasteiger partial charge in [-0.25, -0.2) is 0 Å². The Morgan fingerprint density at radius 1 is 1.33 bits per heavy atom. The van der Waals surface area contributed by atoms with Gasteiger partial charge < -0.3 is 15.2 Å². The number of hydrogen-bond acceptors (Lipinski definition) is 3. The largest absolute Gasteiger partial charge is 0.481 e. The monoisotopic (exact) mass is 211 g/mol. The SMILES string of the molecule is CC12CC(C(=O)O)(C1)C1(CCNCC1)O2. The zero-order valence-corrected chi connectivity index (χ0v) is 9.01. The first-order chi connectivity index (χ1) is 7.02. The van der Waals surface area contributed by atoms with Crippen LogP contribution < -0.4 is 5.32 Å². The summed E-state index contributed by atoms with van der Waals surface area (Å²) in [6, 6.07) is 0. The molecule has 2 N–H and O–H groups in total. The summed E-state index contributed by atoms with van der Waals surface area (Å²) in [5, 5.41) is 12.7. The molecule has 4 aliphatic rings. The minimum atomic E-state index is -0.653. The average Bonchev–Trinajstić information content (AvgIpc) is 2.50. The van der Waals surface area contributed by atoms with Gasteiger partial charge in [0.1, 0.15) is 5.41 Å². The van der Waals surface area contributed by atoms with Crippen LogP contribution in [0.3, 0.4) is 0 Å². The van der Waals surface area contributed by atoms with Crippen LogP contribution in [-0.4, -0.2) is 35.4 Å². The van der Waals surface area contributed by atoms with Crippen LogP contribution in [0, 0.1) is 5.41 Å². The van der Waals surface area contributed by atoms with Crippen molar-refractivity contribution in [1.29, 1.82) is 0 Å². The quantitative estimate of drug-likeness (QED) is 0.672. The van der Waals surface area contributed by atoms with E-state index in [4.69, 9.17) is 4.74 Å². The van der Waals surface area contributed by atoms with Crippen LogP contribution in [0.1, 0.15) is 32.6 Å². The molecule has 0 aromatic rings. The molecule has 4 fully saturated rings. The summed E-state index contributed by atoms with van der Waals surface area (Å²) in [4.78, 5) is 11.5. The molecular weight excluding hydrogens is 194 g/mol. The van der Waals surface area contributed by atoms with Gasteiger partial charge in [0.15, 0.2) is 0 Å². The van der Waals surface area contributed by atoms with E-state index >= 15 is 0 Å². The van der Waals surface area contributed by atoms with Gasteiger partial charge in [0.05, 0.1) is 11.2 Å². The third-order valence-corrected chi connectivity index (χ3v) is 4.49. The molecule has 0 radical (unpaired) electrons. The Labute approximate surface area is 89.0 Å². The first-order valence-electron chi connectivity index (χ1n) is 5.66. The molecule has 4 heteroatoms. The number of rotatable bonds is 1. The Hall–Kier alpha value is -0.610. The number of carbonyl (C=O) groups is 1. The molecule has 84 valence electrons. The fraction of sp³-hybridized carbons (Fsp3) is 0.909. The molecule has 4 rings (SSSR count).